The molecule has 3 aromatic carbocycles. The van der Waals surface area contributed by atoms with E-state index in [9.17, 15) is 14.9 Å². The predicted molar refractivity (Wildman–Crippen MR) is 242 cm³/mol. The SMILES string of the molecule is COc1cc(Nc2c(C#N)cnc3cc(OCCCN4CCN(CCOCCOCCOCCCc5ccc(SC6CCC(=O)NC6=O)cc5)CC4)c(OC)cc23)c(Cl)cc1Cl. The van der Waals surface area contributed by atoms with Crippen LogP contribution in [0.1, 0.15) is 36.8 Å². The topological polar surface area (TPSA) is 157 Å². The van der Waals surface area contributed by atoms with Crippen molar-refractivity contribution in [2.45, 2.75) is 42.2 Å². The summed E-state index contributed by atoms with van der Waals surface area (Å²) in [6, 6.07) is 17.4. The predicted octanol–water partition coefficient (Wildman–Crippen LogP) is 7.14. The number of carbonyl (C=O) groups is 2. The number of aryl methyl sites for hydroxylation is 1. The molecule has 3 heterocycles. The van der Waals surface area contributed by atoms with Crippen molar-refractivity contribution in [2.75, 3.05) is 105 Å². The summed E-state index contributed by atoms with van der Waals surface area (Å²) in [5.74, 6) is 1.17. The van der Waals surface area contributed by atoms with Gasteiger partial charge < -0.3 is 38.6 Å². The van der Waals surface area contributed by atoms with Gasteiger partial charge in [-0.05, 0) is 55.5 Å². The molecule has 2 N–H and O–H groups in total. The molecule has 0 aliphatic carbocycles. The smallest absolute Gasteiger partial charge is 0.240 e. The third-order valence-corrected chi connectivity index (χ3v) is 12.4. The van der Waals surface area contributed by atoms with E-state index in [0.717, 1.165) is 63.4 Å². The summed E-state index contributed by atoms with van der Waals surface area (Å²) in [5.41, 5.74) is 3.25. The quantitative estimate of drug-likeness (QED) is 0.0540. The van der Waals surface area contributed by atoms with Crippen LogP contribution in [0.5, 0.6) is 17.2 Å². The number of piperidine rings is 1. The van der Waals surface area contributed by atoms with E-state index >= 15 is 0 Å². The molecule has 2 saturated heterocycles. The lowest BCUT2D eigenvalue weighted by Gasteiger charge is -2.34. The van der Waals surface area contributed by atoms with E-state index in [1.54, 1.807) is 19.2 Å². The number of pyridine rings is 1. The second kappa shape index (κ2) is 24.5. The average molecular weight is 910 g/mol. The Morgan fingerprint density at radius 3 is 2.21 bits per heavy atom. The molecule has 2 fully saturated rings. The van der Waals surface area contributed by atoms with Gasteiger partial charge in [0.2, 0.25) is 11.8 Å². The van der Waals surface area contributed by atoms with Crippen molar-refractivity contribution >= 4 is 69.1 Å². The number of piperazine rings is 1. The van der Waals surface area contributed by atoms with E-state index in [2.05, 4.69) is 43.6 Å². The number of aromatic nitrogens is 1. The number of carbonyl (C=O) groups excluding carboxylic acids is 2. The number of nitriles is 1. The number of halogens is 2. The van der Waals surface area contributed by atoms with Crippen LogP contribution in [0.15, 0.2) is 59.6 Å². The maximum Gasteiger partial charge on any atom is 0.240 e. The van der Waals surface area contributed by atoms with E-state index < -0.39 is 0 Å². The highest BCUT2D eigenvalue weighted by Crippen LogP contribution is 2.40. The monoisotopic (exact) mass is 908 g/mol. The van der Waals surface area contributed by atoms with Crippen LogP contribution in [-0.4, -0.2) is 132 Å². The highest BCUT2D eigenvalue weighted by atomic mass is 35.5. The minimum Gasteiger partial charge on any atom is -0.495 e. The Morgan fingerprint density at radius 2 is 1.52 bits per heavy atom. The molecular weight excluding hydrogens is 856 g/mol. The second-order valence-corrected chi connectivity index (χ2v) is 16.9. The van der Waals surface area contributed by atoms with Gasteiger partial charge in [0.1, 0.15) is 11.8 Å². The number of benzene rings is 3. The minimum absolute atomic E-state index is 0.189. The number of hydrogen-bond donors (Lipinski definition) is 2. The van der Waals surface area contributed by atoms with E-state index in [0.29, 0.717) is 114 Å². The number of anilines is 2. The number of methoxy groups -OCH3 is 2. The zero-order valence-corrected chi connectivity index (χ0v) is 37.5. The van der Waals surface area contributed by atoms with Crippen LogP contribution in [0.4, 0.5) is 11.4 Å². The number of hydrogen-bond acceptors (Lipinski definition) is 14. The number of rotatable bonds is 24. The van der Waals surface area contributed by atoms with Crippen molar-refractivity contribution < 1.29 is 38.0 Å². The molecule has 1 atom stereocenters. The van der Waals surface area contributed by atoms with Gasteiger partial charge in [-0.15, -0.1) is 11.8 Å². The minimum atomic E-state index is -0.215. The Balaban J connectivity index is 0.791. The summed E-state index contributed by atoms with van der Waals surface area (Å²) in [4.78, 5) is 33.8. The first kappa shape index (κ1) is 47.1. The maximum absolute atomic E-state index is 12.0. The number of nitrogens with zero attached hydrogens (tertiary/aromatic N) is 4. The van der Waals surface area contributed by atoms with Crippen LogP contribution < -0.4 is 24.8 Å². The number of fused-ring (bicyclic) bond motifs is 1. The van der Waals surface area contributed by atoms with Gasteiger partial charge in [-0.25, -0.2) is 0 Å². The molecule has 0 radical (unpaired) electrons. The number of ether oxygens (including phenoxy) is 6. The molecule has 6 rings (SSSR count). The summed E-state index contributed by atoms with van der Waals surface area (Å²) >= 11 is 14.2. The Hall–Kier alpha value is -4.37. The Labute approximate surface area is 377 Å². The van der Waals surface area contributed by atoms with Crippen LogP contribution in [0, 0.1) is 11.3 Å². The highest BCUT2D eigenvalue weighted by molar-refractivity contribution is 8.00. The van der Waals surface area contributed by atoms with Crippen molar-refractivity contribution in [3.63, 3.8) is 0 Å². The first-order valence-electron chi connectivity index (χ1n) is 20.9. The molecule has 62 heavy (non-hydrogen) atoms. The van der Waals surface area contributed by atoms with E-state index in [4.69, 9.17) is 51.6 Å². The molecule has 0 saturated carbocycles. The largest absolute Gasteiger partial charge is 0.495 e. The number of imide groups is 1. The molecule has 332 valence electrons. The Bertz CT molecular complexity index is 2150. The van der Waals surface area contributed by atoms with Crippen LogP contribution in [0.2, 0.25) is 10.0 Å². The van der Waals surface area contributed by atoms with Crippen molar-refractivity contribution in [1.82, 2.24) is 20.1 Å². The van der Waals surface area contributed by atoms with E-state index in [-0.39, 0.29) is 17.1 Å². The average Bonchev–Trinajstić information content (AvgIpc) is 3.28. The van der Waals surface area contributed by atoms with Gasteiger partial charge in [0.15, 0.2) is 11.5 Å². The number of thioether (sulfide) groups is 1. The van der Waals surface area contributed by atoms with Crippen molar-refractivity contribution in [2.24, 2.45) is 0 Å². The lowest BCUT2D eigenvalue weighted by Crippen LogP contribution is -2.47. The number of nitrogens with one attached hydrogen (secondary N) is 2. The fourth-order valence-electron chi connectivity index (χ4n) is 7.11. The highest BCUT2D eigenvalue weighted by Gasteiger charge is 2.27. The van der Waals surface area contributed by atoms with Crippen molar-refractivity contribution in [3.05, 3.63) is 75.9 Å². The summed E-state index contributed by atoms with van der Waals surface area (Å²) < 4.78 is 34.5. The first-order valence-corrected chi connectivity index (χ1v) is 22.5. The molecule has 2 amide bonds. The number of amides is 2. The summed E-state index contributed by atoms with van der Waals surface area (Å²) in [7, 11) is 3.11. The molecule has 0 spiro atoms. The molecule has 1 unspecified atom stereocenters. The zero-order valence-electron chi connectivity index (χ0n) is 35.2. The van der Waals surface area contributed by atoms with Crippen molar-refractivity contribution in [3.8, 4) is 23.3 Å². The van der Waals surface area contributed by atoms with Crippen LogP contribution in [0.25, 0.3) is 10.9 Å². The van der Waals surface area contributed by atoms with Crippen LogP contribution in [-0.2, 0) is 30.2 Å². The molecule has 2 aliphatic heterocycles. The van der Waals surface area contributed by atoms with Gasteiger partial charge in [-0.2, -0.15) is 5.26 Å². The standard InChI is InChI=1S/C45H54Cl2N6O8S/c1-56-39-28-38(35(46)26-36(39)47)50-44-32(29-48)30-49-37-27-41(40(57-2)25-34(37)44)61-19-4-12-52-13-15-53(16-14-52)17-20-59-22-24-60-23-21-58-18-3-5-31-6-8-33(9-7-31)62-42-10-11-43(54)51-45(42)55/h6-9,25-28,30,42H,3-5,10-24H2,1-2H3,(H,49,50)(H,51,54,55). The Morgan fingerprint density at radius 1 is 0.823 bits per heavy atom. The van der Waals surface area contributed by atoms with E-state index in [1.165, 1.54) is 30.6 Å². The molecular formula is C45H54Cl2N6O8S. The normalized spacial score (nSPS) is 16.0. The van der Waals surface area contributed by atoms with Gasteiger partial charge >= 0.3 is 0 Å². The summed E-state index contributed by atoms with van der Waals surface area (Å²) in [6.07, 6.45) is 5.17. The van der Waals surface area contributed by atoms with E-state index in [1.807, 2.05) is 24.3 Å². The zero-order chi connectivity index (χ0) is 43.7. The fraction of sp³-hybridized carbons (Fsp3) is 0.467. The molecule has 1 aromatic heterocycles. The maximum atomic E-state index is 12.0. The van der Waals surface area contributed by atoms with Gasteiger partial charge in [0, 0.05) is 80.9 Å². The lowest BCUT2D eigenvalue weighted by molar-refractivity contribution is -0.132. The molecule has 4 aromatic rings. The lowest BCUT2D eigenvalue weighted by atomic mass is 10.1. The van der Waals surface area contributed by atoms with Gasteiger partial charge in [0.25, 0.3) is 0 Å². The summed E-state index contributed by atoms with van der Waals surface area (Å²) in [6.45, 7) is 9.82. The summed E-state index contributed by atoms with van der Waals surface area (Å²) in [5, 5.41) is 16.8. The molecule has 17 heteroatoms. The molecule has 14 nitrogen and oxygen atoms in total. The van der Waals surface area contributed by atoms with Crippen LogP contribution >= 0.6 is 35.0 Å². The van der Waals surface area contributed by atoms with Crippen LogP contribution in [0.3, 0.4) is 0 Å². The van der Waals surface area contributed by atoms with Crippen molar-refractivity contribution in [1.29, 1.82) is 5.26 Å². The third kappa shape index (κ3) is 13.8. The fourth-order valence-corrected chi connectivity index (χ4v) is 8.64. The van der Waals surface area contributed by atoms with Gasteiger partial charge in [-0.1, -0.05) is 35.3 Å². The first-order chi connectivity index (χ1) is 30.2. The molecule has 0 bridgehead atoms. The molecule has 2 aliphatic rings. The Kier molecular flexibility index (Phi) is 18.6. The second-order valence-electron chi connectivity index (χ2n) is 14.8. The van der Waals surface area contributed by atoms with Gasteiger partial charge in [0.05, 0.1) is 91.6 Å². The third-order valence-electron chi connectivity index (χ3n) is 10.6. The van der Waals surface area contributed by atoms with Gasteiger partial charge in [-0.3, -0.25) is 24.8 Å².